The molecule has 3 rings (SSSR count). The molecule has 1 saturated heterocycles. The maximum Gasteiger partial charge on any atom is 0.279 e. The third-order valence-corrected chi connectivity index (χ3v) is 5.07. The Balaban J connectivity index is 1.54. The van der Waals surface area contributed by atoms with Crippen LogP contribution in [0.2, 0.25) is 10.0 Å². The number of hydrogen-bond acceptors (Lipinski definition) is 2. The third kappa shape index (κ3) is 4.67. The molecule has 138 valence electrons. The van der Waals surface area contributed by atoms with Gasteiger partial charge in [0.15, 0.2) is 6.54 Å². The molecule has 0 bridgehead atoms. The Morgan fingerprint density at radius 2 is 1.81 bits per heavy atom. The number of carbonyl (C=O) groups is 1. The number of hydrogen-bond donors (Lipinski definition) is 2. The van der Waals surface area contributed by atoms with Crippen molar-refractivity contribution in [2.75, 3.05) is 42.9 Å². The van der Waals surface area contributed by atoms with Crippen LogP contribution in [0.25, 0.3) is 0 Å². The van der Waals surface area contributed by atoms with E-state index in [2.05, 4.69) is 17.1 Å². The summed E-state index contributed by atoms with van der Waals surface area (Å²) in [4.78, 5) is 15.7. The van der Waals surface area contributed by atoms with Crippen LogP contribution in [0.3, 0.4) is 0 Å². The van der Waals surface area contributed by atoms with E-state index in [4.69, 9.17) is 23.2 Å². The second-order valence-corrected chi connectivity index (χ2v) is 7.39. The first-order valence-electron chi connectivity index (χ1n) is 8.52. The van der Waals surface area contributed by atoms with E-state index < -0.39 is 5.82 Å². The van der Waals surface area contributed by atoms with Gasteiger partial charge in [0.1, 0.15) is 5.82 Å². The fraction of sp³-hybridized carbons (Fsp3) is 0.316. The van der Waals surface area contributed by atoms with Crippen molar-refractivity contribution in [3.05, 3.63) is 57.8 Å². The van der Waals surface area contributed by atoms with E-state index in [0.717, 1.165) is 36.9 Å². The first-order valence-corrected chi connectivity index (χ1v) is 9.27. The molecule has 1 amide bonds. The van der Waals surface area contributed by atoms with E-state index in [1.165, 1.54) is 28.7 Å². The largest absolute Gasteiger partial charge is 0.360 e. The van der Waals surface area contributed by atoms with Crippen molar-refractivity contribution < 1.29 is 14.1 Å². The SMILES string of the molecule is Cc1ccc(Cl)cc1N1CC[NH+](CC(=O)Nc2cc(Cl)ccc2F)CC1. The lowest BCUT2D eigenvalue weighted by molar-refractivity contribution is -0.892. The minimum Gasteiger partial charge on any atom is -0.360 e. The molecular weight excluding hydrogens is 376 g/mol. The topological polar surface area (TPSA) is 36.8 Å². The average Bonchev–Trinajstić information content (AvgIpc) is 2.61. The second kappa shape index (κ2) is 8.25. The lowest BCUT2D eigenvalue weighted by Crippen LogP contribution is -3.15. The molecule has 0 radical (unpaired) electrons. The highest BCUT2D eigenvalue weighted by Gasteiger charge is 2.23. The summed E-state index contributed by atoms with van der Waals surface area (Å²) in [6.07, 6.45) is 0. The zero-order chi connectivity index (χ0) is 18.7. The molecule has 1 fully saturated rings. The predicted molar refractivity (Wildman–Crippen MR) is 104 cm³/mol. The van der Waals surface area contributed by atoms with Crippen LogP contribution >= 0.6 is 23.2 Å². The van der Waals surface area contributed by atoms with Gasteiger partial charge in [-0.1, -0.05) is 29.3 Å². The molecule has 7 heteroatoms. The summed E-state index contributed by atoms with van der Waals surface area (Å²) in [5.74, 6) is -0.701. The molecular formula is C19H21Cl2FN3O+. The molecule has 0 aromatic heterocycles. The Labute approximate surface area is 162 Å². The van der Waals surface area contributed by atoms with Gasteiger partial charge in [0.05, 0.1) is 31.9 Å². The first-order chi connectivity index (χ1) is 12.4. The van der Waals surface area contributed by atoms with Gasteiger partial charge in [-0.25, -0.2) is 4.39 Å². The second-order valence-electron chi connectivity index (χ2n) is 6.52. The summed E-state index contributed by atoms with van der Waals surface area (Å²) in [6.45, 7) is 5.71. The van der Waals surface area contributed by atoms with Gasteiger partial charge in [-0.15, -0.1) is 0 Å². The van der Waals surface area contributed by atoms with Crippen LogP contribution in [0, 0.1) is 12.7 Å². The number of carbonyl (C=O) groups excluding carboxylic acids is 1. The molecule has 26 heavy (non-hydrogen) atoms. The van der Waals surface area contributed by atoms with Gasteiger partial charge in [-0.3, -0.25) is 4.79 Å². The summed E-state index contributed by atoms with van der Waals surface area (Å²) < 4.78 is 13.7. The molecule has 2 aromatic carbocycles. The molecule has 0 spiro atoms. The maximum atomic E-state index is 13.7. The number of nitrogens with zero attached hydrogens (tertiary/aromatic N) is 1. The smallest absolute Gasteiger partial charge is 0.279 e. The summed E-state index contributed by atoms with van der Waals surface area (Å²) in [5.41, 5.74) is 2.45. The molecule has 0 saturated carbocycles. The molecule has 0 unspecified atom stereocenters. The van der Waals surface area contributed by atoms with Gasteiger partial charge < -0.3 is 15.1 Å². The van der Waals surface area contributed by atoms with Gasteiger partial charge in [0.2, 0.25) is 0 Å². The van der Waals surface area contributed by atoms with E-state index in [9.17, 15) is 9.18 Å². The third-order valence-electron chi connectivity index (χ3n) is 4.60. The number of quaternary nitrogens is 1. The summed E-state index contributed by atoms with van der Waals surface area (Å²) >= 11 is 12.0. The molecule has 0 aliphatic carbocycles. The number of rotatable bonds is 4. The standard InChI is InChI=1S/C19H20Cl2FN3O/c1-13-2-3-15(21)11-18(13)25-8-6-24(7-9-25)12-19(26)23-17-10-14(20)4-5-16(17)22/h2-5,10-11H,6-9,12H2,1H3,(H,23,26)/p+1. The van der Waals surface area contributed by atoms with Crippen LogP contribution in [0.4, 0.5) is 15.8 Å². The highest BCUT2D eigenvalue weighted by molar-refractivity contribution is 6.31. The Morgan fingerprint density at radius 1 is 1.15 bits per heavy atom. The molecule has 2 N–H and O–H groups in total. The van der Waals surface area contributed by atoms with E-state index in [1.54, 1.807) is 0 Å². The number of piperazine rings is 1. The van der Waals surface area contributed by atoms with Crippen molar-refractivity contribution in [2.45, 2.75) is 6.92 Å². The van der Waals surface area contributed by atoms with E-state index >= 15 is 0 Å². The van der Waals surface area contributed by atoms with Crippen molar-refractivity contribution in [3.8, 4) is 0 Å². The summed E-state index contributed by atoms with van der Waals surface area (Å²) in [5, 5.41) is 3.72. The van der Waals surface area contributed by atoms with Crippen molar-refractivity contribution in [1.29, 1.82) is 0 Å². The van der Waals surface area contributed by atoms with Gasteiger partial charge in [0.25, 0.3) is 5.91 Å². The van der Waals surface area contributed by atoms with Crippen molar-refractivity contribution in [3.63, 3.8) is 0 Å². The quantitative estimate of drug-likeness (QED) is 0.833. The lowest BCUT2D eigenvalue weighted by atomic mass is 10.1. The monoisotopic (exact) mass is 396 g/mol. The molecule has 0 atom stereocenters. The van der Waals surface area contributed by atoms with E-state index in [0.29, 0.717) is 11.6 Å². The van der Waals surface area contributed by atoms with Gasteiger partial charge in [-0.05, 0) is 42.8 Å². The number of anilines is 2. The number of halogens is 3. The van der Waals surface area contributed by atoms with Crippen LogP contribution in [0.1, 0.15) is 5.56 Å². The number of aryl methyl sites for hydroxylation is 1. The Morgan fingerprint density at radius 3 is 2.54 bits per heavy atom. The molecule has 4 nitrogen and oxygen atoms in total. The molecule has 1 heterocycles. The van der Waals surface area contributed by atoms with Crippen LogP contribution in [-0.4, -0.2) is 38.6 Å². The lowest BCUT2D eigenvalue weighted by Gasteiger charge is -2.34. The maximum absolute atomic E-state index is 13.7. The van der Waals surface area contributed by atoms with Crippen LogP contribution in [0.15, 0.2) is 36.4 Å². The van der Waals surface area contributed by atoms with E-state index in [-0.39, 0.29) is 11.6 Å². The van der Waals surface area contributed by atoms with Crippen molar-refractivity contribution >= 4 is 40.5 Å². The Bertz CT molecular complexity index is 807. The fourth-order valence-corrected chi connectivity index (χ4v) is 3.52. The normalized spacial score (nSPS) is 15.2. The fourth-order valence-electron chi connectivity index (χ4n) is 3.18. The summed E-state index contributed by atoms with van der Waals surface area (Å²) in [7, 11) is 0. The Hall–Kier alpha value is -1.82. The highest BCUT2D eigenvalue weighted by Crippen LogP contribution is 2.24. The molecule has 1 aliphatic heterocycles. The average molecular weight is 397 g/mol. The van der Waals surface area contributed by atoms with Gasteiger partial charge in [0, 0.05) is 15.7 Å². The molecule has 1 aliphatic rings. The molecule has 2 aromatic rings. The zero-order valence-electron chi connectivity index (χ0n) is 14.5. The zero-order valence-corrected chi connectivity index (χ0v) is 16.0. The number of nitrogens with one attached hydrogen (secondary N) is 2. The summed E-state index contributed by atoms with van der Waals surface area (Å²) in [6, 6.07) is 10.0. The van der Waals surface area contributed by atoms with Crippen molar-refractivity contribution in [2.24, 2.45) is 0 Å². The minimum absolute atomic E-state index is 0.120. The predicted octanol–water partition coefficient (Wildman–Crippen LogP) is 2.78. The number of amides is 1. The van der Waals surface area contributed by atoms with Crippen molar-refractivity contribution in [1.82, 2.24) is 0 Å². The van der Waals surface area contributed by atoms with Gasteiger partial charge in [-0.2, -0.15) is 0 Å². The first kappa shape index (κ1) is 19.0. The number of benzene rings is 2. The van der Waals surface area contributed by atoms with E-state index in [1.807, 2.05) is 18.2 Å². The van der Waals surface area contributed by atoms with Gasteiger partial charge >= 0.3 is 0 Å². The highest BCUT2D eigenvalue weighted by atomic mass is 35.5. The van der Waals surface area contributed by atoms with Crippen LogP contribution in [0.5, 0.6) is 0 Å². The van der Waals surface area contributed by atoms with Crippen LogP contribution < -0.4 is 15.1 Å². The minimum atomic E-state index is -0.487. The van der Waals surface area contributed by atoms with Crippen LogP contribution in [-0.2, 0) is 4.79 Å². The Kier molecular flexibility index (Phi) is 6.01.